The number of hydrogen-bond acceptors (Lipinski definition) is 4. The molecule has 1 amide bonds. The summed E-state index contributed by atoms with van der Waals surface area (Å²) < 4.78 is 7.97. The molecule has 1 atom stereocenters. The minimum Gasteiger partial charge on any atom is -0.478 e. The lowest BCUT2D eigenvalue weighted by Crippen LogP contribution is -2.28. The molecular formula is C29H31N3O4. The van der Waals surface area contributed by atoms with Gasteiger partial charge in [-0.2, -0.15) is 0 Å². The quantitative estimate of drug-likeness (QED) is 0.276. The highest BCUT2D eigenvalue weighted by molar-refractivity contribution is 5.96. The maximum absolute atomic E-state index is 12.7. The van der Waals surface area contributed by atoms with Gasteiger partial charge in [-0.25, -0.2) is 14.6 Å². The molecule has 7 nitrogen and oxygen atoms in total. The van der Waals surface area contributed by atoms with Crippen LogP contribution in [0.4, 0.5) is 4.79 Å². The van der Waals surface area contributed by atoms with E-state index in [1.165, 1.54) is 0 Å². The molecule has 0 bridgehead atoms. The van der Waals surface area contributed by atoms with Crippen molar-refractivity contribution in [2.75, 3.05) is 6.54 Å². The van der Waals surface area contributed by atoms with Gasteiger partial charge < -0.3 is 15.2 Å². The van der Waals surface area contributed by atoms with Gasteiger partial charge in [0.1, 0.15) is 5.65 Å². The molecule has 0 fully saturated rings. The van der Waals surface area contributed by atoms with E-state index in [1.54, 1.807) is 18.2 Å². The van der Waals surface area contributed by atoms with Crippen LogP contribution >= 0.6 is 0 Å². The lowest BCUT2D eigenvalue weighted by atomic mass is 9.97. The number of unbranched alkanes of at least 4 members (excludes halogenated alkanes) is 1. The topological polar surface area (TPSA) is 92.9 Å². The third-order valence-electron chi connectivity index (χ3n) is 6.23. The molecule has 4 aromatic rings. The van der Waals surface area contributed by atoms with Crippen LogP contribution in [-0.4, -0.2) is 33.1 Å². The average Bonchev–Trinajstić information content (AvgIpc) is 3.34. The Morgan fingerprint density at radius 1 is 1.06 bits per heavy atom. The van der Waals surface area contributed by atoms with E-state index < -0.39 is 18.2 Å². The SMILES string of the molecule is CCCCNC(=O)OC(c1ccc(-c2ccccc2C(=O)O)cc1)c1ccc(C)c2nc(CC)cn12. The van der Waals surface area contributed by atoms with E-state index in [-0.39, 0.29) is 5.56 Å². The zero-order chi connectivity index (χ0) is 25.7. The number of carboxylic acids is 1. The Hall–Kier alpha value is -4.13. The molecule has 0 spiro atoms. The number of imidazole rings is 1. The molecule has 7 heteroatoms. The summed E-state index contributed by atoms with van der Waals surface area (Å²) in [6, 6.07) is 18.3. The van der Waals surface area contributed by atoms with Crippen molar-refractivity contribution >= 4 is 17.7 Å². The first-order valence-corrected chi connectivity index (χ1v) is 12.3. The van der Waals surface area contributed by atoms with Crippen molar-refractivity contribution in [2.45, 2.75) is 46.1 Å². The number of benzene rings is 2. The normalized spacial score (nSPS) is 11.9. The van der Waals surface area contributed by atoms with Gasteiger partial charge >= 0.3 is 12.1 Å². The molecule has 4 rings (SSSR count). The molecule has 1 unspecified atom stereocenters. The highest BCUT2D eigenvalue weighted by Gasteiger charge is 2.23. The van der Waals surface area contributed by atoms with Gasteiger partial charge in [0.05, 0.1) is 17.0 Å². The largest absolute Gasteiger partial charge is 0.478 e. The van der Waals surface area contributed by atoms with Crippen LogP contribution in [0.15, 0.2) is 66.9 Å². The number of hydrogen-bond donors (Lipinski definition) is 2. The molecule has 2 aromatic carbocycles. The second-order valence-corrected chi connectivity index (χ2v) is 8.76. The van der Waals surface area contributed by atoms with Gasteiger partial charge in [-0.3, -0.25) is 4.40 Å². The molecule has 2 N–H and O–H groups in total. The molecule has 0 saturated heterocycles. The molecule has 0 aliphatic heterocycles. The minimum atomic E-state index is -0.978. The number of ether oxygens (including phenoxy) is 1. The monoisotopic (exact) mass is 485 g/mol. The first-order valence-electron chi connectivity index (χ1n) is 12.3. The van der Waals surface area contributed by atoms with Gasteiger partial charge in [0.2, 0.25) is 0 Å². The van der Waals surface area contributed by atoms with E-state index in [4.69, 9.17) is 9.72 Å². The summed E-state index contributed by atoms with van der Waals surface area (Å²) in [5.41, 5.74) is 6.01. The fourth-order valence-corrected chi connectivity index (χ4v) is 4.23. The number of aromatic nitrogens is 2. The third-order valence-corrected chi connectivity index (χ3v) is 6.23. The standard InChI is InChI=1S/C29H31N3O4/c1-4-6-17-30-29(35)36-26(25-16-11-19(3)27-31-22(5-2)18-32(25)27)21-14-12-20(13-15-21)23-9-7-8-10-24(23)28(33)34/h7-16,18,26H,4-6,17H2,1-3H3,(H,30,35)(H,33,34). The summed E-state index contributed by atoms with van der Waals surface area (Å²) in [6.45, 7) is 6.67. The minimum absolute atomic E-state index is 0.235. The second-order valence-electron chi connectivity index (χ2n) is 8.76. The Kier molecular flexibility index (Phi) is 7.68. The zero-order valence-corrected chi connectivity index (χ0v) is 20.8. The molecule has 186 valence electrons. The average molecular weight is 486 g/mol. The fourth-order valence-electron chi connectivity index (χ4n) is 4.23. The number of carboxylic acid groups (broad SMARTS) is 1. The highest BCUT2D eigenvalue weighted by atomic mass is 16.6. The lowest BCUT2D eigenvalue weighted by molar-refractivity contribution is 0.0697. The first kappa shape index (κ1) is 25.0. The summed E-state index contributed by atoms with van der Waals surface area (Å²) in [6.07, 6.45) is 3.45. The molecule has 2 aromatic heterocycles. The fraction of sp³-hybridized carbons (Fsp3) is 0.276. The first-order chi connectivity index (χ1) is 17.4. The van der Waals surface area contributed by atoms with Crippen LogP contribution in [0.3, 0.4) is 0 Å². The molecule has 0 radical (unpaired) electrons. The van der Waals surface area contributed by atoms with E-state index in [1.807, 2.05) is 60.0 Å². The number of pyridine rings is 1. The highest BCUT2D eigenvalue weighted by Crippen LogP contribution is 2.31. The third kappa shape index (κ3) is 5.25. The maximum atomic E-state index is 12.7. The van der Waals surface area contributed by atoms with Crippen molar-refractivity contribution < 1.29 is 19.4 Å². The number of aromatic carboxylic acids is 1. The van der Waals surface area contributed by atoms with Crippen LogP contribution in [0.1, 0.15) is 65.7 Å². The molecule has 2 heterocycles. The van der Waals surface area contributed by atoms with Crippen molar-refractivity contribution in [3.63, 3.8) is 0 Å². The number of alkyl carbamates (subject to hydrolysis) is 1. The number of rotatable bonds is 9. The summed E-state index contributed by atoms with van der Waals surface area (Å²) in [7, 11) is 0. The number of carbonyl (C=O) groups excluding carboxylic acids is 1. The van der Waals surface area contributed by atoms with Gasteiger partial charge in [-0.1, -0.05) is 68.8 Å². The number of fused-ring (bicyclic) bond motifs is 1. The smallest absolute Gasteiger partial charge is 0.408 e. The van der Waals surface area contributed by atoms with Crippen LogP contribution in [0.5, 0.6) is 0 Å². The number of nitrogens with zero attached hydrogens (tertiary/aromatic N) is 2. The Bertz CT molecular complexity index is 1380. The van der Waals surface area contributed by atoms with Crippen molar-refractivity contribution in [2.24, 2.45) is 0 Å². The number of aryl methyl sites for hydroxylation is 2. The predicted molar refractivity (Wildman–Crippen MR) is 139 cm³/mol. The molecule has 0 aliphatic rings. The van der Waals surface area contributed by atoms with Crippen LogP contribution in [-0.2, 0) is 11.2 Å². The van der Waals surface area contributed by atoms with Crippen LogP contribution < -0.4 is 5.32 Å². The van der Waals surface area contributed by atoms with Gasteiger partial charge in [0, 0.05) is 12.7 Å². The van der Waals surface area contributed by atoms with Crippen LogP contribution in [0, 0.1) is 6.92 Å². The Balaban J connectivity index is 1.75. The van der Waals surface area contributed by atoms with E-state index in [0.29, 0.717) is 12.1 Å². The lowest BCUT2D eigenvalue weighted by Gasteiger charge is -2.21. The van der Waals surface area contributed by atoms with Gasteiger partial charge in [-0.05, 0) is 54.2 Å². The Morgan fingerprint density at radius 2 is 1.81 bits per heavy atom. The van der Waals surface area contributed by atoms with Crippen LogP contribution in [0.25, 0.3) is 16.8 Å². The van der Waals surface area contributed by atoms with E-state index in [9.17, 15) is 14.7 Å². The summed E-state index contributed by atoms with van der Waals surface area (Å²) in [5.74, 6) is -0.978. The van der Waals surface area contributed by atoms with Crippen molar-refractivity contribution in [1.82, 2.24) is 14.7 Å². The molecule has 0 saturated carbocycles. The predicted octanol–water partition coefficient (Wildman–Crippen LogP) is 6.19. The summed E-state index contributed by atoms with van der Waals surface area (Å²) in [4.78, 5) is 29.2. The van der Waals surface area contributed by atoms with Gasteiger partial charge in [-0.15, -0.1) is 0 Å². The molecular weight excluding hydrogens is 454 g/mol. The van der Waals surface area contributed by atoms with E-state index in [0.717, 1.165) is 53.0 Å². The summed E-state index contributed by atoms with van der Waals surface area (Å²) in [5, 5.41) is 12.4. The Labute approximate surface area is 210 Å². The van der Waals surface area contributed by atoms with Gasteiger partial charge in [0.15, 0.2) is 6.10 Å². The van der Waals surface area contributed by atoms with Gasteiger partial charge in [0.25, 0.3) is 0 Å². The van der Waals surface area contributed by atoms with Crippen molar-refractivity contribution in [1.29, 1.82) is 0 Å². The Morgan fingerprint density at radius 3 is 2.50 bits per heavy atom. The molecule has 0 aliphatic carbocycles. The molecule has 36 heavy (non-hydrogen) atoms. The summed E-state index contributed by atoms with van der Waals surface area (Å²) >= 11 is 0. The number of amides is 1. The second kappa shape index (κ2) is 11.1. The number of carbonyl (C=O) groups is 2. The van der Waals surface area contributed by atoms with E-state index in [2.05, 4.69) is 19.2 Å². The maximum Gasteiger partial charge on any atom is 0.408 e. The van der Waals surface area contributed by atoms with Crippen molar-refractivity contribution in [3.8, 4) is 11.1 Å². The van der Waals surface area contributed by atoms with Crippen LogP contribution in [0.2, 0.25) is 0 Å². The number of nitrogens with one attached hydrogen (secondary N) is 1. The van der Waals surface area contributed by atoms with Crippen molar-refractivity contribution in [3.05, 3.63) is 94.9 Å². The van der Waals surface area contributed by atoms with E-state index >= 15 is 0 Å². The zero-order valence-electron chi connectivity index (χ0n) is 20.8.